The van der Waals surface area contributed by atoms with Crippen molar-refractivity contribution < 1.29 is 0 Å². The number of hydrogen-bond acceptors (Lipinski definition) is 2. The molecule has 1 aromatic rings. The second-order valence-electron chi connectivity index (χ2n) is 12.3. The summed E-state index contributed by atoms with van der Waals surface area (Å²) in [7, 11) is 0. The van der Waals surface area contributed by atoms with Gasteiger partial charge in [0, 0.05) is 17.1 Å². The van der Waals surface area contributed by atoms with Gasteiger partial charge in [-0.05, 0) is 88.0 Å². The first-order chi connectivity index (χ1) is 16.2. The first-order valence-corrected chi connectivity index (χ1v) is 14.5. The Morgan fingerprint density at radius 2 is 1.33 bits per heavy atom. The van der Waals surface area contributed by atoms with Gasteiger partial charge in [0.25, 0.3) is 0 Å². The van der Waals surface area contributed by atoms with E-state index in [9.17, 15) is 0 Å². The molecule has 2 aliphatic heterocycles. The van der Waals surface area contributed by atoms with Crippen LogP contribution in [0.1, 0.15) is 102 Å². The first kappa shape index (κ1) is 22.1. The molecular weight excluding hydrogens is 400 g/mol. The minimum atomic E-state index is 0.397. The first-order valence-electron chi connectivity index (χ1n) is 14.5. The van der Waals surface area contributed by atoms with Gasteiger partial charge in [-0.15, -0.1) is 0 Å². The van der Waals surface area contributed by atoms with Crippen LogP contribution in [0.5, 0.6) is 0 Å². The molecule has 1 aromatic carbocycles. The molecule has 3 aliphatic carbocycles. The molecular formula is C31H46N2. The standard InChI is InChI=1S/C31H46N2/c1-23-13-9-12-20-28(23)33-24(2)29-31(26-16-5-3-6-17-26,27-18-7-4-8-19-27)21-22-32(29)30(33)25-14-10-11-15-25/h9,12-13,20-22,24-27,29-30H,3-8,10-11,14-19H2,1-2H3/t24-,29?,30?/m0/s1. The van der Waals surface area contributed by atoms with Gasteiger partial charge in [0.05, 0.1) is 6.04 Å². The molecule has 0 aromatic heterocycles. The maximum absolute atomic E-state index is 2.94. The summed E-state index contributed by atoms with van der Waals surface area (Å²) in [6, 6.07) is 10.5. The molecule has 0 amide bonds. The second kappa shape index (κ2) is 8.97. The minimum Gasteiger partial charge on any atom is -0.352 e. The van der Waals surface area contributed by atoms with Crippen LogP contribution >= 0.6 is 0 Å². The summed E-state index contributed by atoms with van der Waals surface area (Å²) < 4.78 is 0. The fraction of sp³-hybridized carbons (Fsp3) is 0.742. The maximum Gasteiger partial charge on any atom is 0.105 e. The third kappa shape index (κ3) is 3.49. The molecule has 3 atom stereocenters. The Morgan fingerprint density at radius 1 is 0.758 bits per heavy atom. The van der Waals surface area contributed by atoms with E-state index in [1.165, 1.54) is 101 Å². The average molecular weight is 447 g/mol. The second-order valence-corrected chi connectivity index (χ2v) is 12.3. The Morgan fingerprint density at radius 3 is 1.94 bits per heavy atom. The summed E-state index contributed by atoms with van der Waals surface area (Å²) in [5.41, 5.74) is 3.36. The van der Waals surface area contributed by atoms with Crippen LogP contribution in [0.3, 0.4) is 0 Å². The summed E-state index contributed by atoms with van der Waals surface area (Å²) in [5.74, 6) is 2.60. The molecule has 6 rings (SSSR count). The van der Waals surface area contributed by atoms with Gasteiger partial charge in [0.2, 0.25) is 0 Å². The Bertz CT molecular complexity index is 822. The topological polar surface area (TPSA) is 6.48 Å². The van der Waals surface area contributed by atoms with Crippen molar-refractivity contribution in [2.75, 3.05) is 4.90 Å². The maximum atomic E-state index is 2.94. The lowest BCUT2D eigenvalue weighted by Crippen LogP contribution is -2.53. The molecule has 0 N–H and O–H groups in total. The van der Waals surface area contributed by atoms with E-state index in [1.54, 1.807) is 0 Å². The predicted molar refractivity (Wildman–Crippen MR) is 139 cm³/mol. The van der Waals surface area contributed by atoms with E-state index in [-0.39, 0.29) is 0 Å². The Kier molecular flexibility index (Phi) is 5.99. The number of para-hydroxylation sites is 1. The van der Waals surface area contributed by atoms with Crippen LogP contribution in [0.15, 0.2) is 36.5 Å². The normalized spacial score (nSPS) is 33.2. The summed E-state index contributed by atoms with van der Waals surface area (Å²) in [6.45, 7) is 4.94. The molecule has 2 heteroatoms. The van der Waals surface area contributed by atoms with E-state index < -0.39 is 0 Å². The highest BCUT2D eigenvalue weighted by Gasteiger charge is 2.62. The highest BCUT2D eigenvalue weighted by atomic mass is 15.5. The molecule has 2 unspecified atom stereocenters. The predicted octanol–water partition coefficient (Wildman–Crippen LogP) is 8.06. The lowest BCUT2D eigenvalue weighted by Gasteiger charge is -2.51. The van der Waals surface area contributed by atoms with Crippen molar-refractivity contribution in [1.82, 2.24) is 4.90 Å². The number of rotatable bonds is 4. The third-order valence-electron chi connectivity index (χ3n) is 10.7. The van der Waals surface area contributed by atoms with Gasteiger partial charge in [0.15, 0.2) is 0 Å². The third-order valence-corrected chi connectivity index (χ3v) is 10.7. The van der Waals surface area contributed by atoms with Crippen molar-refractivity contribution in [2.24, 2.45) is 23.2 Å². The number of benzene rings is 1. The van der Waals surface area contributed by atoms with Crippen LogP contribution in [0.4, 0.5) is 5.69 Å². The zero-order valence-corrected chi connectivity index (χ0v) is 21.2. The average Bonchev–Trinajstić information content (AvgIpc) is 3.58. The zero-order chi connectivity index (χ0) is 22.4. The van der Waals surface area contributed by atoms with Crippen LogP contribution in [-0.2, 0) is 0 Å². The van der Waals surface area contributed by atoms with E-state index in [4.69, 9.17) is 0 Å². The lowest BCUT2D eigenvalue weighted by atomic mass is 9.55. The van der Waals surface area contributed by atoms with Crippen molar-refractivity contribution in [2.45, 2.75) is 122 Å². The number of hydrogen-bond donors (Lipinski definition) is 0. The zero-order valence-electron chi connectivity index (χ0n) is 21.2. The van der Waals surface area contributed by atoms with Gasteiger partial charge in [0.1, 0.15) is 6.17 Å². The highest BCUT2D eigenvalue weighted by Crippen LogP contribution is 2.60. The molecule has 0 radical (unpaired) electrons. The Balaban J connectivity index is 1.45. The number of nitrogens with zero attached hydrogens (tertiary/aromatic N) is 2. The van der Waals surface area contributed by atoms with Crippen molar-refractivity contribution in [3.8, 4) is 0 Å². The van der Waals surface area contributed by atoms with Crippen LogP contribution in [0.2, 0.25) is 0 Å². The van der Waals surface area contributed by atoms with Crippen LogP contribution in [0, 0.1) is 30.1 Å². The summed E-state index contributed by atoms with van der Waals surface area (Å²) in [5, 5.41) is 0. The smallest absolute Gasteiger partial charge is 0.105 e. The number of fused-ring (bicyclic) bond motifs is 1. The van der Waals surface area contributed by atoms with Crippen LogP contribution < -0.4 is 4.90 Å². The van der Waals surface area contributed by atoms with Crippen LogP contribution in [0.25, 0.3) is 0 Å². The quantitative estimate of drug-likeness (QED) is 0.461. The fourth-order valence-electron chi connectivity index (χ4n) is 9.36. The van der Waals surface area contributed by atoms with Gasteiger partial charge in [-0.3, -0.25) is 0 Å². The molecule has 0 bridgehead atoms. The highest BCUT2D eigenvalue weighted by molar-refractivity contribution is 5.57. The number of aryl methyl sites for hydroxylation is 1. The van der Waals surface area contributed by atoms with E-state index >= 15 is 0 Å². The largest absolute Gasteiger partial charge is 0.352 e. The van der Waals surface area contributed by atoms with Gasteiger partial charge in [-0.25, -0.2) is 0 Å². The van der Waals surface area contributed by atoms with Gasteiger partial charge < -0.3 is 9.80 Å². The number of anilines is 1. The monoisotopic (exact) mass is 446 g/mol. The lowest BCUT2D eigenvalue weighted by molar-refractivity contribution is 0.0108. The Hall–Kier alpha value is -1.44. The van der Waals surface area contributed by atoms with E-state index in [0.717, 1.165) is 17.8 Å². The minimum absolute atomic E-state index is 0.397. The molecule has 33 heavy (non-hydrogen) atoms. The molecule has 2 heterocycles. The van der Waals surface area contributed by atoms with Gasteiger partial charge in [-0.1, -0.05) is 75.6 Å². The molecule has 3 saturated carbocycles. The molecule has 1 saturated heterocycles. The van der Waals surface area contributed by atoms with Gasteiger partial charge in [-0.2, -0.15) is 0 Å². The van der Waals surface area contributed by atoms with E-state index in [2.05, 4.69) is 60.2 Å². The molecule has 0 spiro atoms. The summed E-state index contributed by atoms with van der Waals surface area (Å²) in [4.78, 5) is 5.86. The van der Waals surface area contributed by atoms with Crippen molar-refractivity contribution in [3.05, 3.63) is 42.1 Å². The van der Waals surface area contributed by atoms with Crippen molar-refractivity contribution in [3.63, 3.8) is 0 Å². The fourth-order valence-corrected chi connectivity index (χ4v) is 9.36. The van der Waals surface area contributed by atoms with E-state index in [1.807, 2.05) is 0 Å². The van der Waals surface area contributed by atoms with Crippen molar-refractivity contribution >= 4 is 5.69 Å². The van der Waals surface area contributed by atoms with Crippen LogP contribution in [-0.4, -0.2) is 23.1 Å². The summed E-state index contributed by atoms with van der Waals surface area (Å²) >= 11 is 0. The van der Waals surface area contributed by atoms with Gasteiger partial charge >= 0.3 is 0 Å². The van der Waals surface area contributed by atoms with E-state index in [0.29, 0.717) is 23.7 Å². The Labute approximate surface area is 202 Å². The molecule has 4 fully saturated rings. The van der Waals surface area contributed by atoms with Crippen molar-refractivity contribution in [1.29, 1.82) is 0 Å². The molecule has 180 valence electrons. The molecule has 5 aliphatic rings. The summed E-state index contributed by atoms with van der Waals surface area (Å²) in [6.07, 6.45) is 26.3. The molecule has 2 nitrogen and oxygen atoms in total. The SMILES string of the molecule is Cc1ccccc1N1C(C2CCCC2)N2C=CC(C3CCCCC3)(C3CCCCC3)C2[C@@H]1C.